The van der Waals surface area contributed by atoms with E-state index in [9.17, 15) is 0 Å². The number of aryl methyl sites for hydroxylation is 2. The second kappa shape index (κ2) is 6.67. The first kappa shape index (κ1) is 14.0. The van der Waals surface area contributed by atoms with Gasteiger partial charge in [-0.25, -0.2) is 4.98 Å². The van der Waals surface area contributed by atoms with Crippen LogP contribution in [0.3, 0.4) is 0 Å². The molecule has 0 bridgehead atoms. The smallest absolute Gasteiger partial charge is 0.0946 e. The van der Waals surface area contributed by atoms with Crippen molar-refractivity contribution < 1.29 is 0 Å². The van der Waals surface area contributed by atoms with Crippen molar-refractivity contribution in [2.75, 3.05) is 7.05 Å². The van der Waals surface area contributed by atoms with Gasteiger partial charge in [0.2, 0.25) is 0 Å². The lowest BCUT2D eigenvalue weighted by Crippen LogP contribution is -2.28. The molecule has 1 aliphatic rings. The number of thiazole rings is 1. The van der Waals surface area contributed by atoms with Gasteiger partial charge in [-0.2, -0.15) is 0 Å². The van der Waals surface area contributed by atoms with Crippen LogP contribution < -0.4 is 5.32 Å². The molecule has 1 heterocycles. The van der Waals surface area contributed by atoms with E-state index in [0.29, 0.717) is 6.04 Å². The minimum Gasteiger partial charge on any atom is -0.317 e. The second-order valence-corrected chi connectivity index (χ2v) is 6.95. The first-order valence-corrected chi connectivity index (χ1v) is 8.11. The van der Waals surface area contributed by atoms with Gasteiger partial charge >= 0.3 is 0 Å². The molecule has 1 N–H and O–H groups in total. The minimum absolute atomic E-state index is 0.607. The Morgan fingerprint density at radius 1 is 1.33 bits per heavy atom. The Bertz CT molecular complexity index is 347. The zero-order valence-electron chi connectivity index (χ0n) is 12.0. The van der Waals surface area contributed by atoms with E-state index in [1.54, 1.807) is 0 Å². The molecule has 1 saturated carbocycles. The molecule has 102 valence electrons. The summed E-state index contributed by atoms with van der Waals surface area (Å²) in [7, 11) is 2.09. The summed E-state index contributed by atoms with van der Waals surface area (Å²) in [5, 5.41) is 4.77. The summed E-state index contributed by atoms with van der Waals surface area (Å²) in [5.41, 5.74) is 1.21. The average Bonchev–Trinajstić information content (AvgIpc) is 2.96. The van der Waals surface area contributed by atoms with E-state index in [0.717, 1.165) is 12.3 Å². The zero-order chi connectivity index (χ0) is 13.0. The van der Waals surface area contributed by atoms with Gasteiger partial charge in [0.15, 0.2) is 0 Å². The molecule has 0 radical (unpaired) electrons. The minimum atomic E-state index is 0.607. The molecule has 0 spiro atoms. The second-order valence-electron chi connectivity index (χ2n) is 5.67. The lowest BCUT2D eigenvalue weighted by atomic mass is 9.97. The number of hydrogen-bond acceptors (Lipinski definition) is 3. The lowest BCUT2D eigenvalue weighted by Gasteiger charge is -2.17. The number of nitrogens with zero attached hydrogens (tertiary/aromatic N) is 1. The van der Waals surface area contributed by atoms with Gasteiger partial charge < -0.3 is 5.32 Å². The first-order valence-electron chi connectivity index (χ1n) is 7.29. The van der Waals surface area contributed by atoms with Gasteiger partial charge in [0.25, 0.3) is 0 Å². The molecule has 0 aromatic carbocycles. The van der Waals surface area contributed by atoms with E-state index in [4.69, 9.17) is 0 Å². The van der Waals surface area contributed by atoms with Crippen LogP contribution >= 0.6 is 11.3 Å². The van der Waals surface area contributed by atoms with Crippen LogP contribution in [-0.4, -0.2) is 18.1 Å². The first-order chi connectivity index (χ1) is 8.69. The van der Waals surface area contributed by atoms with E-state index in [2.05, 4.69) is 31.2 Å². The van der Waals surface area contributed by atoms with Crippen molar-refractivity contribution >= 4 is 11.3 Å². The average molecular weight is 266 g/mol. The molecular weight excluding hydrogens is 240 g/mol. The van der Waals surface area contributed by atoms with Gasteiger partial charge in [0.05, 0.1) is 10.7 Å². The van der Waals surface area contributed by atoms with Crippen LogP contribution in [0, 0.1) is 19.8 Å². The molecule has 2 rings (SSSR count). The molecule has 0 aliphatic heterocycles. The highest BCUT2D eigenvalue weighted by Gasteiger charge is 2.17. The van der Waals surface area contributed by atoms with Crippen LogP contribution in [0.15, 0.2) is 0 Å². The molecule has 0 saturated heterocycles. The Hall–Kier alpha value is -0.410. The summed E-state index contributed by atoms with van der Waals surface area (Å²) in [6, 6.07) is 0.607. The van der Waals surface area contributed by atoms with Crippen molar-refractivity contribution in [3.63, 3.8) is 0 Å². The molecule has 1 unspecified atom stereocenters. The van der Waals surface area contributed by atoms with Crippen LogP contribution in [0.5, 0.6) is 0 Å². The maximum Gasteiger partial charge on any atom is 0.0946 e. The van der Waals surface area contributed by atoms with Crippen molar-refractivity contribution in [1.29, 1.82) is 0 Å². The predicted molar refractivity (Wildman–Crippen MR) is 79.3 cm³/mol. The monoisotopic (exact) mass is 266 g/mol. The normalized spacial score (nSPS) is 18.4. The Morgan fingerprint density at radius 2 is 2.06 bits per heavy atom. The van der Waals surface area contributed by atoms with Gasteiger partial charge in [-0.3, -0.25) is 0 Å². The van der Waals surface area contributed by atoms with E-state index in [-0.39, 0.29) is 0 Å². The van der Waals surface area contributed by atoms with Crippen molar-refractivity contribution in [1.82, 2.24) is 10.3 Å². The number of likely N-dealkylation sites (N-methyl/N-ethyl adjacent to an activating group) is 1. The van der Waals surface area contributed by atoms with E-state index < -0.39 is 0 Å². The van der Waals surface area contributed by atoms with Crippen molar-refractivity contribution in [3.8, 4) is 0 Å². The third kappa shape index (κ3) is 3.79. The number of nitrogens with one attached hydrogen (secondary N) is 1. The molecule has 1 aromatic rings. The zero-order valence-corrected chi connectivity index (χ0v) is 12.8. The summed E-state index contributed by atoms with van der Waals surface area (Å²) >= 11 is 1.87. The number of aromatic nitrogens is 1. The fraction of sp³-hybridized carbons (Fsp3) is 0.800. The van der Waals surface area contributed by atoms with Crippen LogP contribution in [0.2, 0.25) is 0 Å². The highest BCUT2D eigenvalue weighted by Crippen LogP contribution is 2.29. The highest BCUT2D eigenvalue weighted by molar-refractivity contribution is 7.11. The van der Waals surface area contributed by atoms with E-state index in [1.807, 2.05) is 11.3 Å². The Morgan fingerprint density at radius 3 is 2.61 bits per heavy atom. The molecular formula is C15H26N2S. The summed E-state index contributed by atoms with van der Waals surface area (Å²) in [4.78, 5) is 6.03. The summed E-state index contributed by atoms with van der Waals surface area (Å²) in [6.45, 7) is 4.28. The molecule has 0 amide bonds. The molecule has 1 fully saturated rings. The van der Waals surface area contributed by atoms with Crippen LogP contribution in [0.4, 0.5) is 0 Å². The molecule has 1 aliphatic carbocycles. The quantitative estimate of drug-likeness (QED) is 0.845. The van der Waals surface area contributed by atoms with Crippen molar-refractivity contribution in [2.24, 2.45) is 5.92 Å². The highest BCUT2D eigenvalue weighted by atomic mass is 32.1. The lowest BCUT2D eigenvalue weighted by molar-refractivity contribution is 0.418. The van der Waals surface area contributed by atoms with Crippen molar-refractivity contribution in [2.45, 2.75) is 64.8 Å². The number of hydrogen-bond donors (Lipinski definition) is 1. The molecule has 3 heteroatoms. The van der Waals surface area contributed by atoms with E-state index in [1.165, 1.54) is 54.1 Å². The molecule has 18 heavy (non-hydrogen) atoms. The van der Waals surface area contributed by atoms with Crippen molar-refractivity contribution in [3.05, 3.63) is 15.6 Å². The predicted octanol–water partition coefficient (Wildman–Crippen LogP) is 3.86. The Balaban J connectivity index is 1.80. The van der Waals surface area contributed by atoms with Crippen LogP contribution in [0.25, 0.3) is 0 Å². The van der Waals surface area contributed by atoms with Crippen LogP contribution in [-0.2, 0) is 6.42 Å². The van der Waals surface area contributed by atoms with Gasteiger partial charge in [-0.05, 0) is 39.7 Å². The Kier molecular flexibility index (Phi) is 5.19. The fourth-order valence-corrected chi connectivity index (χ4v) is 3.94. The van der Waals surface area contributed by atoms with Gasteiger partial charge in [-0.1, -0.05) is 25.7 Å². The maximum absolute atomic E-state index is 4.66. The summed E-state index contributed by atoms with van der Waals surface area (Å²) < 4.78 is 0. The summed E-state index contributed by atoms with van der Waals surface area (Å²) in [5.74, 6) is 1.00. The van der Waals surface area contributed by atoms with Gasteiger partial charge in [-0.15, -0.1) is 11.3 Å². The maximum atomic E-state index is 4.66. The SMILES string of the molecule is CNC(CCC1CCCC1)Cc1nc(C)c(C)s1. The van der Waals surface area contributed by atoms with E-state index >= 15 is 0 Å². The van der Waals surface area contributed by atoms with Crippen LogP contribution in [0.1, 0.15) is 54.1 Å². The standard InChI is InChI=1S/C15H26N2S/c1-11-12(2)18-15(17-11)10-14(16-3)9-8-13-6-4-5-7-13/h13-14,16H,4-10H2,1-3H3. The molecule has 1 aromatic heterocycles. The molecule has 1 atom stereocenters. The topological polar surface area (TPSA) is 24.9 Å². The molecule has 2 nitrogen and oxygen atoms in total. The van der Waals surface area contributed by atoms with Gasteiger partial charge in [0, 0.05) is 17.3 Å². The Labute approximate surface area is 115 Å². The van der Waals surface area contributed by atoms with Gasteiger partial charge in [0.1, 0.15) is 0 Å². The third-order valence-corrected chi connectivity index (χ3v) is 5.40. The third-order valence-electron chi connectivity index (χ3n) is 4.30. The summed E-state index contributed by atoms with van der Waals surface area (Å²) in [6.07, 6.45) is 9.65. The number of rotatable bonds is 6. The fourth-order valence-electron chi connectivity index (χ4n) is 2.92. The largest absolute Gasteiger partial charge is 0.317 e.